The largest absolute Gasteiger partial charge is 0.479 e. The van der Waals surface area contributed by atoms with E-state index in [1.807, 2.05) is 6.07 Å². The van der Waals surface area contributed by atoms with Gasteiger partial charge in [-0.15, -0.1) is 0 Å². The zero-order valence-electron chi connectivity index (χ0n) is 14.8. The molecule has 0 fully saturated rings. The summed E-state index contributed by atoms with van der Waals surface area (Å²) in [6.07, 6.45) is 4.56. The minimum atomic E-state index is -0.507. The highest BCUT2D eigenvalue weighted by atomic mass is 16.5. The molecule has 0 saturated carbocycles. The van der Waals surface area contributed by atoms with Gasteiger partial charge >= 0.3 is 0 Å². The number of benzene rings is 2. The predicted octanol–water partition coefficient (Wildman–Crippen LogP) is 3.47. The summed E-state index contributed by atoms with van der Waals surface area (Å²) in [4.78, 5) is 24.1. The number of anilines is 2. The molecular weight excluding hydrogens is 328 g/mol. The summed E-state index contributed by atoms with van der Waals surface area (Å²) < 4.78 is 5.53. The molecule has 26 heavy (non-hydrogen) atoms. The molecule has 4 rings (SSSR count). The van der Waals surface area contributed by atoms with Gasteiger partial charge in [-0.25, -0.2) is 0 Å². The lowest BCUT2D eigenvalue weighted by molar-refractivity contribution is -0.122. The second kappa shape index (κ2) is 6.83. The van der Waals surface area contributed by atoms with Gasteiger partial charge in [-0.05, 0) is 67.5 Å². The third-order valence-corrected chi connectivity index (χ3v) is 4.97. The van der Waals surface area contributed by atoms with E-state index >= 15 is 0 Å². The zero-order valence-corrected chi connectivity index (χ0v) is 14.8. The second-order valence-electron chi connectivity index (χ2n) is 7.00. The Morgan fingerprint density at radius 1 is 1.15 bits per heavy atom. The van der Waals surface area contributed by atoms with Crippen molar-refractivity contribution < 1.29 is 14.3 Å². The number of nitrogens with one attached hydrogen (secondary N) is 2. The number of aryl methyl sites for hydroxylation is 2. The summed E-state index contributed by atoms with van der Waals surface area (Å²) in [6, 6.07) is 11.6. The first-order chi connectivity index (χ1) is 12.6. The molecule has 1 atom stereocenters. The first-order valence-corrected chi connectivity index (χ1v) is 9.10. The highest BCUT2D eigenvalue weighted by molar-refractivity contribution is 5.99. The van der Waals surface area contributed by atoms with Crippen molar-refractivity contribution in [2.24, 2.45) is 0 Å². The Labute approximate surface area is 152 Å². The number of carbonyl (C=O) groups excluding carboxylic acids is 2. The normalized spacial score (nSPS) is 18.2. The maximum Gasteiger partial charge on any atom is 0.265 e. The number of hydrogen-bond acceptors (Lipinski definition) is 3. The van der Waals surface area contributed by atoms with Crippen LogP contribution in [-0.2, 0) is 28.9 Å². The van der Waals surface area contributed by atoms with E-state index in [1.54, 1.807) is 25.1 Å². The molecule has 5 nitrogen and oxygen atoms in total. The van der Waals surface area contributed by atoms with Crippen molar-refractivity contribution in [1.82, 2.24) is 0 Å². The molecule has 2 N–H and O–H groups in total. The standard InChI is InChI=1S/C21H22N2O3/c1-13-21(25)23-18-12-17(8-9-19(18)26-13)22-20(24)11-14-6-7-15-4-2-3-5-16(15)10-14/h6-10,12-13H,2-5,11H2,1H3,(H,22,24)(H,23,25). The lowest BCUT2D eigenvalue weighted by atomic mass is 9.90. The first-order valence-electron chi connectivity index (χ1n) is 9.10. The van der Waals surface area contributed by atoms with Crippen LogP contribution in [0.15, 0.2) is 36.4 Å². The predicted molar refractivity (Wildman–Crippen MR) is 101 cm³/mol. The van der Waals surface area contributed by atoms with E-state index in [4.69, 9.17) is 4.74 Å². The lowest BCUT2D eigenvalue weighted by Crippen LogP contribution is -2.34. The highest BCUT2D eigenvalue weighted by Gasteiger charge is 2.23. The first kappa shape index (κ1) is 16.6. The SMILES string of the molecule is CC1Oc2ccc(NC(=O)Cc3ccc4c(c3)CCCC4)cc2NC1=O. The van der Waals surface area contributed by atoms with Gasteiger partial charge in [-0.1, -0.05) is 18.2 Å². The van der Waals surface area contributed by atoms with E-state index in [0.717, 1.165) is 18.4 Å². The van der Waals surface area contributed by atoms with Crippen molar-refractivity contribution in [3.8, 4) is 5.75 Å². The van der Waals surface area contributed by atoms with Crippen molar-refractivity contribution in [3.63, 3.8) is 0 Å². The third-order valence-electron chi connectivity index (χ3n) is 4.97. The van der Waals surface area contributed by atoms with Gasteiger partial charge in [0.1, 0.15) is 5.75 Å². The maximum absolute atomic E-state index is 12.4. The molecule has 0 bridgehead atoms. The maximum atomic E-state index is 12.4. The molecule has 1 aliphatic carbocycles. The quantitative estimate of drug-likeness (QED) is 0.891. The fourth-order valence-corrected chi connectivity index (χ4v) is 3.57. The molecular formula is C21H22N2O3. The summed E-state index contributed by atoms with van der Waals surface area (Å²) in [5.74, 6) is 0.358. The van der Waals surface area contributed by atoms with Crippen molar-refractivity contribution in [2.45, 2.75) is 45.1 Å². The molecule has 0 spiro atoms. The van der Waals surface area contributed by atoms with Crippen LogP contribution in [0.1, 0.15) is 36.5 Å². The van der Waals surface area contributed by atoms with E-state index in [9.17, 15) is 9.59 Å². The molecule has 0 radical (unpaired) electrons. The minimum absolute atomic E-state index is 0.0721. The van der Waals surface area contributed by atoms with Gasteiger partial charge in [0.05, 0.1) is 12.1 Å². The fourth-order valence-electron chi connectivity index (χ4n) is 3.57. The fraction of sp³-hybridized carbons (Fsp3) is 0.333. The van der Waals surface area contributed by atoms with E-state index < -0.39 is 6.10 Å². The summed E-state index contributed by atoms with van der Waals surface area (Å²) in [6.45, 7) is 1.70. The third kappa shape index (κ3) is 3.43. The van der Waals surface area contributed by atoms with Crippen LogP contribution in [0.5, 0.6) is 5.75 Å². The lowest BCUT2D eigenvalue weighted by Gasteiger charge is -2.23. The van der Waals surface area contributed by atoms with Gasteiger partial charge < -0.3 is 15.4 Å². The average Bonchev–Trinajstić information content (AvgIpc) is 2.63. The van der Waals surface area contributed by atoms with Crippen LogP contribution in [0.4, 0.5) is 11.4 Å². The number of rotatable bonds is 3. The Hall–Kier alpha value is -2.82. The van der Waals surface area contributed by atoms with E-state index in [0.29, 0.717) is 23.5 Å². The van der Waals surface area contributed by atoms with Gasteiger partial charge in [0, 0.05) is 5.69 Å². The number of amides is 2. The Bertz CT molecular complexity index is 876. The summed E-state index contributed by atoms with van der Waals surface area (Å²) in [5.41, 5.74) is 5.06. The molecule has 0 aromatic heterocycles. The van der Waals surface area contributed by atoms with Crippen LogP contribution in [0.25, 0.3) is 0 Å². The summed E-state index contributed by atoms with van der Waals surface area (Å²) in [7, 11) is 0. The topological polar surface area (TPSA) is 67.4 Å². The molecule has 1 unspecified atom stereocenters. The molecule has 2 aromatic rings. The van der Waals surface area contributed by atoms with Crippen molar-refractivity contribution in [2.75, 3.05) is 10.6 Å². The van der Waals surface area contributed by atoms with Crippen LogP contribution in [0.2, 0.25) is 0 Å². The van der Waals surface area contributed by atoms with Gasteiger partial charge in [0.25, 0.3) is 5.91 Å². The van der Waals surface area contributed by atoms with Crippen LogP contribution in [0.3, 0.4) is 0 Å². The van der Waals surface area contributed by atoms with Crippen molar-refractivity contribution in [3.05, 3.63) is 53.1 Å². The smallest absolute Gasteiger partial charge is 0.265 e. The molecule has 1 aliphatic heterocycles. The number of fused-ring (bicyclic) bond motifs is 2. The Kier molecular flexibility index (Phi) is 4.37. The van der Waals surface area contributed by atoms with Gasteiger partial charge in [-0.2, -0.15) is 0 Å². The van der Waals surface area contributed by atoms with Crippen LogP contribution in [0, 0.1) is 0 Å². The summed E-state index contributed by atoms with van der Waals surface area (Å²) >= 11 is 0. The number of ether oxygens (including phenoxy) is 1. The average molecular weight is 350 g/mol. The van der Waals surface area contributed by atoms with E-state index in [1.165, 1.54) is 24.0 Å². The Morgan fingerprint density at radius 2 is 1.96 bits per heavy atom. The molecule has 2 amide bonds. The molecule has 2 aliphatic rings. The van der Waals surface area contributed by atoms with Gasteiger partial charge in [-0.3, -0.25) is 9.59 Å². The summed E-state index contributed by atoms with van der Waals surface area (Å²) in [5, 5.41) is 5.69. The molecule has 2 aromatic carbocycles. The van der Waals surface area contributed by atoms with Crippen LogP contribution >= 0.6 is 0 Å². The Morgan fingerprint density at radius 3 is 2.81 bits per heavy atom. The monoisotopic (exact) mass is 350 g/mol. The van der Waals surface area contributed by atoms with Crippen molar-refractivity contribution >= 4 is 23.2 Å². The van der Waals surface area contributed by atoms with Crippen LogP contribution < -0.4 is 15.4 Å². The molecule has 5 heteroatoms. The van der Waals surface area contributed by atoms with E-state index in [-0.39, 0.29) is 11.8 Å². The highest BCUT2D eigenvalue weighted by Crippen LogP contribution is 2.32. The second-order valence-corrected chi connectivity index (χ2v) is 7.00. The van der Waals surface area contributed by atoms with Crippen LogP contribution in [-0.4, -0.2) is 17.9 Å². The molecule has 1 heterocycles. The molecule has 0 saturated heterocycles. The Balaban J connectivity index is 1.44. The van der Waals surface area contributed by atoms with Crippen molar-refractivity contribution in [1.29, 1.82) is 0 Å². The van der Waals surface area contributed by atoms with E-state index in [2.05, 4.69) is 22.8 Å². The zero-order chi connectivity index (χ0) is 18.1. The minimum Gasteiger partial charge on any atom is -0.479 e. The molecule has 134 valence electrons. The van der Waals surface area contributed by atoms with Gasteiger partial charge in [0.15, 0.2) is 6.10 Å². The number of hydrogen-bond donors (Lipinski definition) is 2. The van der Waals surface area contributed by atoms with Gasteiger partial charge in [0.2, 0.25) is 5.91 Å². The number of carbonyl (C=O) groups is 2.